The Hall–Kier alpha value is -0.850. The molecule has 0 amide bonds. The predicted molar refractivity (Wildman–Crippen MR) is 52.3 cm³/mol. The Labute approximate surface area is 74.8 Å². The first kappa shape index (κ1) is 9.24. The van der Waals surface area contributed by atoms with Crippen LogP contribution >= 0.6 is 0 Å². The molecule has 1 rings (SSSR count). The zero-order valence-corrected chi connectivity index (χ0v) is 8.17. The third-order valence-corrected chi connectivity index (χ3v) is 2.01. The van der Waals surface area contributed by atoms with E-state index in [1.807, 2.05) is 6.20 Å². The van der Waals surface area contributed by atoms with Gasteiger partial charge in [-0.3, -0.25) is 4.98 Å². The normalized spacial score (nSPS) is 10.7. The predicted octanol–water partition coefficient (Wildman–Crippen LogP) is 3.16. The Kier molecular flexibility index (Phi) is 3.27. The number of aromatic nitrogens is 1. The van der Waals surface area contributed by atoms with Gasteiger partial charge in [0.05, 0.1) is 0 Å². The Morgan fingerprint density at radius 1 is 1.42 bits per heavy atom. The number of hydrogen-bond donors (Lipinski definition) is 0. The Morgan fingerprint density at radius 3 is 2.75 bits per heavy atom. The number of rotatable bonds is 3. The van der Waals surface area contributed by atoms with Crippen LogP contribution in [0.4, 0.5) is 0 Å². The largest absolute Gasteiger partial charge is 0.261 e. The SMILES string of the molecule is CCCc1cc(C(C)C)ccn1. The van der Waals surface area contributed by atoms with Crippen molar-refractivity contribution in [3.05, 3.63) is 29.6 Å². The average molecular weight is 163 g/mol. The van der Waals surface area contributed by atoms with Crippen molar-refractivity contribution in [2.24, 2.45) is 0 Å². The maximum atomic E-state index is 4.31. The molecule has 1 aromatic rings. The molecular formula is C11H17N. The van der Waals surface area contributed by atoms with Crippen LogP contribution in [0.15, 0.2) is 18.3 Å². The van der Waals surface area contributed by atoms with Gasteiger partial charge in [-0.05, 0) is 30.0 Å². The molecule has 0 saturated heterocycles. The lowest BCUT2D eigenvalue weighted by molar-refractivity contribution is 0.835. The maximum absolute atomic E-state index is 4.31. The minimum atomic E-state index is 0.614. The van der Waals surface area contributed by atoms with Crippen molar-refractivity contribution in [1.29, 1.82) is 0 Å². The molecule has 0 spiro atoms. The summed E-state index contributed by atoms with van der Waals surface area (Å²) in [6.07, 6.45) is 4.19. The molecule has 0 fully saturated rings. The van der Waals surface area contributed by atoms with E-state index in [1.165, 1.54) is 17.7 Å². The molecule has 0 aliphatic heterocycles. The van der Waals surface area contributed by atoms with Crippen LogP contribution < -0.4 is 0 Å². The number of nitrogens with zero attached hydrogens (tertiary/aromatic N) is 1. The highest BCUT2D eigenvalue weighted by Crippen LogP contribution is 2.14. The van der Waals surface area contributed by atoms with Crippen molar-refractivity contribution in [2.75, 3.05) is 0 Å². The van der Waals surface area contributed by atoms with E-state index in [1.54, 1.807) is 0 Å². The fourth-order valence-electron chi connectivity index (χ4n) is 1.25. The lowest BCUT2D eigenvalue weighted by Gasteiger charge is -2.06. The highest BCUT2D eigenvalue weighted by molar-refractivity contribution is 5.19. The third-order valence-electron chi connectivity index (χ3n) is 2.01. The molecule has 0 aliphatic rings. The van der Waals surface area contributed by atoms with Crippen molar-refractivity contribution in [3.63, 3.8) is 0 Å². The van der Waals surface area contributed by atoms with Gasteiger partial charge in [0.25, 0.3) is 0 Å². The van der Waals surface area contributed by atoms with Gasteiger partial charge in [0.2, 0.25) is 0 Å². The minimum absolute atomic E-state index is 0.614. The van der Waals surface area contributed by atoms with E-state index in [4.69, 9.17) is 0 Å². The molecule has 0 N–H and O–H groups in total. The standard InChI is InChI=1S/C11H17N/c1-4-5-11-8-10(9(2)3)6-7-12-11/h6-9H,4-5H2,1-3H3. The first-order valence-corrected chi connectivity index (χ1v) is 4.69. The quantitative estimate of drug-likeness (QED) is 0.667. The van der Waals surface area contributed by atoms with Gasteiger partial charge < -0.3 is 0 Å². The van der Waals surface area contributed by atoms with Crippen LogP contribution in [-0.4, -0.2) is 4.98 Å². The minimum Gasteiger partial charge on any atom is -0.261 e. The van der Waals surface area contributed by atoms with E-state index in [9.17, 15) is 0 Å². The van der Waals surface area contributed by atoms with Crippen LogP contribution in [0.2, 0.25) is 0 Å². The van der Waals surface area contributed by atoms with Crippen LogP contribution in [0.3, 0.4) is 0 Å². The molecule has 0 unspecified atom stereocenters. The molecule has 12 heavy (non-hydrogen) atoms. The summed E-state index contributed by atoms with van der Waals surface area (Å²) in [5, 5.41) is 0. The molecule has 0 atom stereocenters. The number of aryl methyl sites for hydroxylation is 1. The second-order valence-electron chi connectivity index (χ2n) is 3.49. The van der Waals surface area contributed by atoms with Crippen molar-refractivity contribution in [1.82, 2.24) is 4.98 Å². The number of pyridine rings is 1. The maximum Gasteiger partial charge on any atom is 0.0406 e. The monoisotopic (exact) mass is 163 g/mol. The topological polar surface area (TPSA) is 12.9 Å². The molecule has 66 valence electrons. The summed E-state index contributed by atoms with van der Waals surface area (Å²) in [7, 11) is 0. The van der Waals surface area contributed by atoms with E-state index in [-0.39, 0.29) is 0 Å². The van der Waals surface area contributed by atoms with Gasteiger partial charge in [-0.15, -0.1) is 0 Å². The molecule has 0 aliphatic carbocycles. The summed E-state index contributed by atoms with van der Waals surface area (Å²) in [5.41, 5.74) is 2.62. The lowest BCUT2D eigenvalue weighted by Crippen LogP contribution is -1.93. The third kappa shape index (κ3) is 2.33. The summed E-state index contributed by atoms with van der Waals surface area (Å²) < 4.78 is 0. The highest BCUT2D eigenvalue weighted by Gasteiger charge is 1.99. The second-order valence-corrected chi connectivity index (χ2v) is 3.49. The first-order chi connectivity index (χ1) is 5.74. The van der Waals surface area contributed by atoms with Gasteiger partial charge in [-0.2, -0.15) is 0 Å². The summed E-state index contributed by atoms with van der Waals surface area (Å²) in [5.74, 6) is 0.614. The van der Waals surface area contributed by atoms with Gasteiger partial charge >= 0.3 is 0 Å². The Bertz CT molecular complexity index is 241. The summed E-state index contributed by atoms with van der Waals surface area (Å²) in [6.45, 7) is 6.61. The molecule has 1 aromatic heterocycles. The van der Waals surface area contributed by atoms with Gasteiger partial charge in [-0.1, -0.05) is 27.2 Å². The molecule has 1 nitrogen and oxygen atoms in total. The average Bonchev–Trinajstić information content (AvgIpc) is 2.05. The van der Waals surface area contributed by atoms with Crippen molar-refractivity contribution < 1.29 is 0 Å². The Balaban J connectivity index is 2.81. The van der Waals surface area contributed by atoms with E-state index >= 15 is 0 Å². The zero-order chi connectivity index (χ0) is 8.97. The first-order valence-electron chi connectivity index (χ1n) is 4.69. The van der Waals surface area contributed by atoms with Crippen LogP contribution in [0.1, 0.15) is 44.4 Å². The smallest absolute Gasteiger partial charge is 0.0406 e. The van der Waals surface area contributed by atoms with Crippen LogP contribution in [0.25, 0.3) is 0 Å². The lowest BCUT2D eigenvalue weighted by atomic mass is 10.0. The molecule has 0 saturated carbocycles. The molecule has 0 aromatic carbocycles. The van der Waals surface area contributed by atoms with Crippen molar-refractivity contribution >= 4 is 0 Å². The molecule has 1 heteroatoms. The van der Waals surface area contributed by atoms with Crippen LogP contribution in [-0.2, 0) is 6.42 Å². The van der Waals surface area contributed by atoms with Crippen molar-refractivity contribution in [2.45, 2.75) is 39.5 Å². The number of hydrogen-bond acceptors (Lipinski definition) is 1. The van der Waals surface area contributed by atoms with Gasteiger partial charge in [0.15, 0.2) is 0 Å². The van der Waals surface area contributed by atoms with Crippen LogP contribution in [0.5, 0.6) is 0 Å². The summed E-state index contributed by atoms with van der Waals surface area (Å²) in [6, 6.07) is 4.32. The van der Waals surface area contributed by atoms with Gasteiger partial charge in [0.1, 0.15) is 0 Å². The molecule has 0 bridgehead atoms. The molecule has 0 radical (unpaired) electrons. The van der Waals surface area contributed by atoms with E-state index < -0.39 is 0 Å². The summed E-state index contributed by atoms with van der Waals surface area (Å²) in [4.78, 5) is 4.31. The van der Waals surface area contributed by atoms with Crippen LogP contribution in [0, 0.1) is 0 Å². The summed E-state index contributed by atoms with van der Waals surface area (Å²) >= 11 is 0. The van der Waals surface area contributed by atoms with E-state index in [0.717, 1.165) is 6.42 Å². The second kappa shape index (κ2) is 4.24. The van der Waals surface area contributed by atoms with E-state index in [0.29, 0.717) is 5.92 Å². The zero-order valence-electron chi connectivity index (χ0n) is 8.17. The van der Waals surface area contributed by atoms with E-state index in [2.05, 4.69) is 37.9 Å². The fourth-order valence-corrected chi connectivity index (χ4v) is 1.25. The van der Waals surface area contributed by atoms with Crippen molar-refractivity contribution in [3.8, 4) is 0 Å². The van der Waals surface area contributed by atoms with Gasteiger partial charge in [-0.25, -0.2) is 0 Å². The molecule has 1 heterocycles. The fraction of sp³-hybridized carbons (Fsp3) is 0.545. The molecular weight excluding hydrogens is 146 g/mol. The Morgan fingerprint density at radius 2 is 2.17 bits per heavy atom. The van der Waals surface area contributed by atoms with Gasteiger partial charge in [0, 0.05) is 11.9 Å². The highest BCUT2D eigenvalue weighted by atomic mass is 14.7.